The SMILES string of the molecule is CCCc1cc(CNC)cc(-n2cc(I)cn2)n1. The fraction of sp³-hybridized carbons (Fsp3) is 0.385. The smallest absolute Gasteiger partial charge is 0.153 e. The molecule has 2 rings (SSSR count). The Hall–Kier alpha value is -0.950. The van der Waals surface area contributed by atoms with Crippen molar-refractivity contribution in [1.29, 1.82) is 0 Å². The Balaban J connectivity index is 2.39. The number of aromatic nitrogens is 3. The molecule has 0 aromatic carbocycles. The van der Waals surface area contributed by atoms with Gasteiger partial charge in [-0.1, -0.05) is 13.3 Å². The van der Waals surface area contributed by atoms with E-state index in [9.17, 15) is 0 Å². The van der Waals surface area contributed by atoms with Gasteiger partial charge in [0, 0.05) is 18.4 Å². The van der Waals surface area contributed by atoms with Crippen LogP contribution in [0.1, 0.15) is 24.6 Å². The third kappa shape index (κ3) is 3.29. The van der Waals surface area contributed by atoms with E-state index in [4.69, 9.17) is 0 Å². The molecule has 96 valence electrons. The first-order valence-corrected chi connectivity index (χ1v) is 7.15. The summed E-state index contributed by atoms with van der Waals surface area (Å²) in [4.78, 5) is 4.66. The molecule has 0 aliphatic carbocycles. The van der Waals surface area contributed by atoms with E-state index in [0.717, 1.165) is 34.5 Å². The average molecular weight is 356 g/mol. The van der Waals surface area contributed by atoms with Crippen LogP contribution in [0, 0.1) is 3.57 Å². The van der Waals surface area contributed by atoms with Crippen molar-refractivity contribution in [1.82, 2.24) is 20.1 Å². The lowest BCUT2D eigenvalue weighted by atomic mass is 10.1. The van der Waals surface area contributed by atoms with Crippen LogP contribution in [0.15, 0.2) is 24.5 Å². The van der Waals surface area contributed by atoms with E-state index in [1.165, 1.54) is 5.56 Å². The van der Waals surface area contributed by atoms with Crippen LogP contribution < -0.4 is 5.32 Å². The molecule has 0 spiro atoms. The van der Waals surface area contributed by atoms with Gasteiger partial charge in [0.2, 0.25) is 0 Å². The van der Waals surface area contributed by atoms with Crippen LogP contribution in [0.4, 0.5) is 0 Å². The summed E-state index contributed by atoms with van der Waals surface area (Å²) in [5.41, 5.74) is 2.38. The first-order chi connectivity index (χ1) is 8.72. The fourth-order valence-corrected chi connectivity index (χ4v) is 2.26. The van der Waals surface area contributed by atoms with Crippen LogP contribution in [0.3, 0.4) is 0 Å². The molecule has 0 saturated carbocycles. The van der Waals surface area contributed by atoms with E-state index < -0.39 is 0 Å². The van der Waals surface area contributed by atoms with Gasteiger partial charge in [-0.2, -0.15) is 5.10 Å². The number of pyridine rings is 1. The minimum atomic E-state index is 0.852. The van der Waals surface area contributed by atoms with Crippen molar-refractivity contribution >= 4 is 22.6 Å². The summed E-state index contributed by atoms with van der Waals surface area (Å²) in [6.07, 6.45) is 5.93. The number of rotatable bonds is 5. The minimum absolute atomic E-state index is 0.852. The first-order valence-electron chi connectivity index (χ1n) is 6.08. The van der Waals surface area contributed by atoms with Gasteiger partial charge in [0.05, 0.1) is 9.77 Å². The van der Waals surface area contributed by atoms with Crippen LogP contribution in [0.5, 0.6) is 0 Å². The molecule has 18 heavy (non-hydrogen) atoms. The number of hydrogen-bond acceptors (Lipinski definition) is 3. The second kappa shape index (κ2) is 6.29. The predicted molar refractivity (Wildman–Crippen MR) is 80.8 cm³/mol. The molecule has 2 aromatic rings. The van der Waals surface area contributed by atoms with Gasteiger partial charge in [-0.15, -0.1) is 0 Å². The fourth-order valence-electron chi connectivity index (χ4n) is 1.87. The molecule has 0 radical (unpaired) electrons. The van der Waals surface area contributed by atoms with Crippen LogP contribution in [0.2, 0.25) is 0 Å². The van der Waals surface area contributed by atoms with Crippen molar-refractivity contribution < 1.29 is 0 Å². The molecule has 2 heterocycles. The van der Waals surface area contributed by atoms with Crippen molar-refractivity contribution in [3.8, 4) is 5.82 Å². The maximum atomic E-state index is 4.66. The number of hydrogen-bond donors (Lipinski definition) is 1. The van der Waals surface area contributed by atoms with Crippen molar-refractivity contribution in [2.45, 2.75) is 26.3 Å². The van der Waals surface area contributed by atoms with Gasteiger partial charge in [0.1, 0.15) is 0 Å². The van der Waals surface area contributed by atoms with E-state index in [2.05, 4.69) is 57.0 Å². The number of nitrogens with zero attached hydrogens (tertiary/aromatic N) is 3. The van der Waals surface area contributed by atoms with Crippen molar-refractivity contribution in [2.75, 3.05) is 7.05 Å². The van der Waals surface area contributed by atoms with Crippen molar-refractivity contribution in [3.05, 3.63) is 39.4 Å². The summed E-state index contributed by atoms with van der Waals surface area (Å²) in [5, 5.41) is 7.49. The summed E-state index contributed by atoms with van der Waals surface area (Å²) >= 11 is 2.25. The molecule has 4 nitrogen and oxygen atoms in total. The number of nitrogens with one attached hydrogen (secondary N) is 1. The lowest BCUT2D eigenvalue weighted by molar-refractivity contribution is 0.781. The van der Waals surface area contributed by atoms with E-state index in [-0.39, 0.29) is 0 Å². The molecular weight excluding hydrogens is 339 g/mol. The third-order valence-electron chi connectivity index (χ3n) is 2.60. The predicted octanol–water partition coefficient (Wildman–Crippen LogP) is 2.54. The van der Waals surface area contributed by atoms with Crippen LogP contribution in [0.25, 0.3) is 5.82 Å². The van der Waals surface area contributed by atoms with Gasteiger partial charge >= 0.3 is 0 Å². The van der Waals surface area contributed by atoms with Gasteiger partial charge in [-0.3, -0.25) is 0 Å². The van der Waals surface area contributed by atoms with E-state index >= 15 is 0 Å². The van der Waals surface area contributed by atoms with E-state index in [1.54, 1.807) is 0 Å². The topological polar surface area (TPSA) is 42.7 Å². The average Bonchev–Trinajstić information content (AvgIpc) is 2.76. The molecule has 0 aliphatic rings. The third-order valence-corrected chi connectivity index (χ3v) is 3.15. The molecule has 0 fully saturated rings. The van der Waals surface area contributed by atoms with Gasteiger partial charge in [-0.25, -0.2) is 9.67 Å². The highest BCUT2D eigenvalue weighted by molar-refractivity contribution is 14.1. The molecule has 0 aliphatic heterocycles. The van der Waals surface area contributed by atoms with Gasteiger partial charge in [0.25, 0.3) is 0 Å². The lowest BCUT2D eigenvalue weighted by Crippen LogP contribution is -2.09. The zero-order valence-electron chi connectivity index (χ0n) is 10.7. The van der Waals surface area contributed by atoms with Gasteiger partial charge < -0.3 is 5.32 Å². The van der Waals surface area contributed by atoms with Crippen LogP contribution in [-0.2, 0) is 13.0 Å². The molecule has 0 unspecified atom stereocenters. The van der Waals surface area contributed by atoms with Gasteiger partial charge in [-0.05, 0) is 53.8 Å². The Bertz CT molecular complexity index is 497. The molecule has 5 heteroatoms. The first kappa shape index (κ1) is 13.5. The summed E-state index contributed by atoms with van der Waals surface area (Å²) in [6.45, 7) is 3.02. The standard InChI is InChI=1S/C13H17IN4/c1-3-4-12-5-10(7-15-2)6-13(17-12)18-9-11(14)8-16-18/h5-6,8-9,15H,3-4,7H2,1-2H3. The summed E-state index contributed by atoms with van der Waals surface area (Å²) in [6, 6.07) is 4.25. The zero-order chi connectivity index (χ0) is 13.0. The lowest BCUT2D eigenvalue weighted by Gasteiger charge is -2.08. The Morgan fingerprint density at radius 3 is 2.83 bits per heavy atom. The van der Waals surface area contributed by atoms with Gasteiger partial charge in [0.15, 0.2) is 5.82 Å². The number of halogens is 1. The quantitative estimate of drug-likeness (QED) is 0.838. The maximum absolute atomic E-state index is 4.66. The van der Waals surface area contributed by atoms with E-state index in [0.29, 0.717) is 0 Å². The van der Waals surface area contributed by atoms with Crippen LogP contribution >= 0.6 is 22.6 Å². The molecule has 0 amide bonds. The highest BCUT2D eigenvalue weighted by Gasteiger charge is 2.05. The molecule has 2 aromatic heterocycles. The highest BCUT2D eigenvalue weighted by Crippen LogP contribution is 2.13. The summed E-state index contributed by atoms with van der Waals surface area (Å²) in [5.74, 6) is 0.897. The summed E-state index contributed by atoms with van der Waals surface area (Å²) in [7, 11) is 1.95. The van der Waals surface area contributed by atoms with Crippen molar-refractivity contribution in [3.63, 3.8) is 0 Å². The van der Waals surface area contributed by atoms with E-state index in [1.807, 2.05) is 24.1 Å². The second-order valence-electron chi connectivity index (χ2n) is 4.21. The zero-order valence-corrected chi connectivity index (χ0v) is 12.8. The molecular formula is C13H17IN4. The van der Waals surface area contributed by atoms with Crippen LogP contribution in [-0.4, -0.2) is 21.8 Å². The monoisotopic (exact) mass is 356 g/mol. The number of aryl methyl sites for hydroxylation is 1. The Morgan fingerprint density at radius 2 is 2.22 bits per heavy atom. The second-order valence-corrected chi connectivity index (χ2v) is 5.45. The molecule has 0 bridgehead atoms. The molecule has 0 atom stereocenters. The molecule has 0 saturated heterocycles. The minimum Gasteiger partial charge on any atom is -0.316 e. The Kier molecular flexibility index (Phi) is 4.71. The summed E-state index contributed by atoms with van der Waals surface area (Å²) < 4.78 is 2.95. The molecule has 1 N–H and O–H groups in total. The van der Waals surface area contributed by atoms with Crippen molar-refractivity contribution in [2.24, 2.45) is 0 Å². The largest absolute Gasteiger partial charge is 0.316 e. The Morgan fingerprint density at radius 1 is 1.39 bits per heavy atom. The normalized spacial score (nSPS) is 10.8. The highest BCUT2D eigenvalue weighted by atomic mass is 127. The Labute approximate surface area is 121 Å². The maximum Gasteiger partial charge on any atom is 0.153 e.